The van der Waals surface area contributed by atoms with E-state index in [2.05, 4.69) is 91.0 Å². The van der Waals surface area contributed by atoms with Gasteiger partial charge in [0.05, 0.1) is 0 Å². The van der Waals surface area contributed by atoms with Gasteiger partial charge < -0.3 is 4.42 Å². The number of hydrogen-bond acceptors (Lipinski definition) is 5. The Kier molecular flexibility index (Phi) is 6.01. The highest BCUT2D eigenvalue weighted by molar-refractivity contribution is 7.25. The summed E-state index contributed by atoms with van der Waals surface area (Å²) in [4.78, 5) is 15.0. The highest BCUT2D eigenvalue weighted by Crippen LogP contribution is 2.43. The SMILES string of the molecule is c1ccc(-c2nc(-c3ccccc3)nc(-c3cc(-c4ccc5c(c4)sc4ccccc45)c4c(c3)oc3cc5ccccc5cc34)n2)cc1. The van der Waals surface area contributed by atoms with Crippen LogP contribution in [-0.4, -0.2) is 15.0 Å². The Bertz CT molecular complexity index is 2780. The first kappa shape index (κ1) is 27.0. The van der Waals surface area contributed by atoms with Crippen molar-refractivity contribution in [1.82, 2.24) is 15.0 Å². The molecule has 10 rings (SSSR count). The lowest BCUT2D eigenvalue weighted by molar-refractivity contribution is 0.669. The number of thiophene rings is 1. The number of fused-ring (bicyclic) bond motifs is 7. The van der Waals surface area contributed by atoms with Crippen molar-refractivity contribution in [1.29, 1.82) is 0 Å². The van der Waals surface area contributed by atoms with Gasteiger partial charge >= 0.3 is 0 Å². The van der Waals surface area contributed by atoms with Gasteiger partial charge in [0.2, 0.25) is 0 Å². The second kappa shape index (κ2) is 10.7. The van der Waals surface area contributed by atoms with E-state index in [9.17, 15) is 0 Å². The third-order valence-corrected chi connectivity index (χ3v) is 10.2. The maximum Gasteiger partial charge on any atom is 0.164 e. The van der Waals surface area contributed by atoms with E-state index in [1.165, 1.54) is 25.6 Å². The quantitative estimate of drug-likeness (QED) is 0.194. The van der Waals surface area contributed by atoms with Gasteiger partial charge in [0, 0.05) is 47.6 Å². The molecule has 0 fully saturated rings. The molecule has 3 heterocycles. The Morgan fingerprint density at radius 2 is 1.00 bits per heavy atom. The Morgan fingerprint density at radius 3 is 1.73 bits per heavy atom. The summed E-state index contributed by atoms with van der Waals surface area (Å²) in [6, 6.07) is 52.7. The zero-order chi connectivity index (χ0) is 31.6. The van der Waals surface area contributed by atoms with Crippen molar-refractivity contribution in [3.05, 3.63) is 152 Å². The first-order valence-electron chi connectivity index (χ1n) is 15.9. The fourth-order valence-corrected chi connectivity index (χ4v) is 7.92. The molecule has 0 N–H and O–H groups in total. The largest absolute Gasteiger partial charge is 0.456 e. The van der Waals surface area contributed by atoms with Crippen LogP contribution < -0.4 is 0 Å². The lowest BCUT2D eigenvalue weighted by Gasteiger charge is -2.11. The Hall–Kier alpha value is -6.17. The van der Waals surface area contributed by atoms with Crippen molar-refractivity contribution in [2.45, 2.75) is 0 Å². The molecule has 10 aromatic rings. The molecular weight excluding hydrogens is 607 g/mol. The van der Waals surface area contributed by atoms with Crippen molar-refractivity contribution < 1.29 is 4.42 Å². The first-order valence-corrected chi connectivity index (χ1v) is 16.7. The predicted octanol–water partition coefficient (Wildman–Crippen LogP) is 12.0. The maximum atomic E-state index is 6.68. The van der Waals surface area contributed by atoms with E-state index in [-0.39, 0.29) is 0 Å². The number of furan rings is 1. The predicted molar refractivity (Wildman–Crippen MR) is 199 cm³/mol. The monoisotopic (exact) mass is 631 g/mol. The lowest BCUT2D eigenvalue weighted by Crippen LogP contribution is -2.00. The average molecular weight is 632 g/mol. The zero-order valence-corrected chi connectivity index (χ0v) is 26.4. The van der Waals surface area contributed by atoms with Crippen molar-refractivity contribution in [3.63, 3.8) is 0 Å². The molecule has 0 bridgehead atoms. The summed E-state index contributed by atoms with van der Waals surface area (Å²) in [6.45, 7) is 0. The van der Waals surface area contributed by atoms with Crippen LogP contribution in [0.2, 0.25) is 0 Å². The third kappa shape index (κ3) is 4.40. The standard InChI is InChI=1S/C43H25N3OS/c1-3-11-26(12-4-1)41-44-42(27-13-5-2-6-14-27)46-43(45-41)31-22-34(30-19-20-33-32-17-9-10-18-38(32)48-39(33)25-30)40-35-21-28-15-7-8-16-29(28)23-36(35)47-37(40)24-31/h1-25H. The van der Waals surface area contributed by atoms with Gasteiger partial charge in [0.15, 0.2) is 17.5 Å². The van der Waals surface area contributed by atoms with Gasteiger partial charge in [-0.2, -0.15) is 0 Å². The summed E-state index contributed by atoms with van der Waals surface area (Å²) in [7, 11) is 0. The normalized spacial score (nSPS) is 11.8. The minimum Gasteiger partial charge on any atom is -0.456 e. The van der Waals surface area contributed by atoms with E-state index in [1.54, 1.807) is 0 Å². The molecule has 0 unspecified atom stereocenters. The highest BCUT2D eigenvalue weighted by atomic mass is 32.1. The number of aromatic nitrogens is 3. The van der Waals surface area contributed by atoms with Crippen molar-refractivity contribution in [2.24, 2.45) is 0 Å². The molecule has 0 aliphatic rings. The molecular formula is C43H25N3OS. The van der Waals surface area contributed by atoms with Crippen LogP contribution >= 0.6 is 11.3 Å². The number of nitrogens with zero attached hydrogens (tertiary/aromatic N) is 3. The average Bonchev–Trinajstić information content (AvgIpc) is 3.71. The molecule has 224 valence electrons. The van der Waals surface area contributed by atoms with E-state index in [1.807, 2.05) is 72.0 Å². The van der Waals surface area contributed by atoms with Crippen molar-refractivity contribution in [3.8, 4) is 45.3 Å². The molecule has 0 atom stereocenters. The van der Waals surface area contributed by atoms with Crippen LogP contribution in [0.15, 0.2) is 156 Å². The van der Waals surface area contributed by atoms with Crippen LogP contribution in [0.1, 0.15) is 0 Å². The van der Waals surface area contributed by atoms with Crippen LogP contribution in [0.25, 0.3) is 98.2 Å². The van der Waals surface area contributed by atoms with Crippen LogP contribution in [0.3, 0.4) is 0 Å². The summed E-state index contributed by atoms with van der Waals surface area (Å²) in [6.07, 6.45) is 0. The minimum absolute atomic E-state index is 0.597. The molecule has 4 nitrogen and oxygen atoms in total. The van der Waals surface area contributed by atoms with Gasteiger partial charge in [-0.25, -0.2) is 15.0 Å². The van der Waals surface area contributed by atoms with Crippen molar-refractivity contribution >= 4 is 64.2 Å². The zero-order valence-electron chi connectivity index (χ0n) is 25.6. The summed E-state index contributed by atoms with van der Waals surface area (Å²) in [5.41, 5.74) is 6.60. The molecule has 0 amide bonds. The number of hydrogen-bond donors (Lipinski definition) is 0. The fourth-order valence-electron chi connectivity index (χ4n) is 6.78. The van der Waals surface area contributed by atoms with Crippen LogP contribution in [0, 0.1) is 0 Å². The second-order valence-electron chi connectivity index (χ2n) is 12.0. The first-order chi connectivity index (χ1) is 23.7. The van der Waals surface area contributed by atoms with Gasteiger partial charge in [0.1, 0.15) is 11.2 Å². The molecule has 0 radical (unpaired) electrons. The maximum absolute atomic E-state index is 6.68. The van der Waals surface area contributed by atoms with Crippen molar-refractivity contribution in [2.75, 3.05) is 0 Å². The van der Waals surface area contributed by atoms with Gasteiger partial charge in [-0.1, -0.05) is 115 Å². The van der Waals surface area contributed by atoms with Crippen LogP contribution in [0.4, 0.5) is 0 Å². The molecule has 48 heavy (non-hydrogen) atoms. The highest BCUT2D eigenvalue weighted by Gasteiger charge is 2.20. The van der Waals surface area contributed by atoms with E-state index >= 15 is 0 Å². The smallest absolute Gasteiger partial charge is 0.164 e. The number of benzene rings is 7. The van der Waals surface area contributed by atoms with Gasteiger partial charge in [-0.3, -0.25) is 0 Å². The van der Waals surface area contributed by atoms with E-state index in [4.69, 9.17) is 19.4 Å². The lowest BCUT2D eigenvalue weighted by atomic mass is 9.95. The molecule has 0 saturated heterocycles. The molecule has 3 aromatic heterocycles. The fraction of sp³-hybridized carbons (Fsp3) is 0. The Balaban J connectivity index is 1.26. The molecule has 7 aromatic carbocycles. The molecule has 0 aliphatic carbocycles. The molecule has 0 spiro atoms. The Labute approximate surface area is 279 Å². The van der Waals surface area contributed by atoms with E-state index in [0.29, 0.717) is 17.5 Å². The Morgan fingerprint density at radius 1 is 0.396 bits per heavy atom. The summed E-state index contributed by atoms with van der Waals surface area (Å²) in [5, 5.41) is 7.06. The van der Waals surface area contributed by atoms with Crippen LogP contribution in [0.5, 0.6) is 0 Å². The van der Waals surface area contributed by atoms with E-state index in [0.717, 1.165) is 55.1 Å². The van der Waals surface area contributed by atoms with Gasteiger partial charge in [0.25, 0.3) is 0 Å². The topological polar surface area (TPSA) is 51.8 Å². The third-order valence-electron chi connectivity index (χ3n) is 9.09. The minimum atomic E-state index is 0.597. The van der Waals surface area contributed by atoms with E-state index < -0.39 is 0 Å². The molecule has 0 saturated carbocycles. The van der Waals surface area contributed by atoms with Gasteiger partial charge in [-0.05, 0) is 58.3 Å². The summed E-state index contributed by atoms with van der Waals surface area (Å²) in [5.74, 6) is 1.85. The second-order valence-corrected chi connectivity index (χ2v) is 13.1. The summed E-state index contributed by atoms with van der Waals surface area (Å²) >= 11 is 1.83. The molecule has 0 aliphatic heterocycles. The van der Waals surface area contributed by atoms with Gasteiger partial charge in [-0.15, -0.1) is 11.3 Å². The summed E-state index contributed by atoms with van der Waals surface area (Å²) < 4.78 is 9.22. The number of rotatable bonds is 4. The van der Waals surface area contributed by atoms with Crippen LogP contribution in [-0.2, 0) is 0 Å². The molecule has 5 heteroatoms.